The lowest BCUT2D eigenvalue weighted by molar-refractivity contribution is 0.102. The molecule has 4 rings (SSSR count). The van der Waals surface area contributed by atoms with Crippen LogP contribution in [0, 0.1) is 5.82 Å². The molecule has 0 aliphatic carbocycles. The summed E-state index contributed by atoms with van der Waals surface area (Å²) in [6.07, 6.45) is 2.68. The molecule has 5 nitrogen and oxygen atoms in total. The normalized spacial score (nSPS) is 10.8. The zero-order valence-electron chi connectivity index (χ0n) is 12.9. The van der Waals surface area contributed by atoms with E-state index in [1.54, 1.807) is 18.3 Å². The summed E-state index contributed by atoms with van der Waals surface area (Å²) < 4.78 is 19.2. The van der Waals surface area contributed by atoms with Gasteiger partial charge in [0.25, 0.3) is 5.91 Å². The molecular weight excluding hydrogens is 321 g/mol. The number of amides is 1. The second kappa shape index (κ2) is 6.16. The van der Waals surface area contributed by atoms with E-state index in [1.807, 2.05) is 30.3 Å². The predicted molar refractivity (Wildman–Crippen MR) is 91.6 cm³/mol. The highest BCUT2D eigenvalue weighted by atomic mass is 19.1. The van der Waals surface area contributed by atoms with Gasteiger partial charge in [-0.2, -0.15) is 0 Å². The average Bonchev–Trinajstić information content (AvgIpc) is 3.11. The van der Waals surface area contributed by atoms with Crippen molar-refractivity contribution in [3.8, 4) is 11.3 Å². The molecule has 1 N–H and O–H groups in total. The molecule has 2 aromatic carbocycles. The lowest BCUT2D eigenvalue weighted by atomic mass is 10.1. The summed E-state index contributed by atoms with van der Waals surface area (Å²) in [4.78, 5) is 20.8. The van der Waals surface area contributed by atoms with Gasteiger partial charge in [0, 0.05) is 5.39 Å². The van der Waals surface area contributed by atoms with E-state index < -0.39 is 11.7 Å². The molecule has 0 atom stereocenters. The number of pyridine rings is 1. The maximum atomic E-state index is 14.0. The van der Waals surface area contributed by atoms with Crippen LogP contribution in [0.2, 0.25) is 0 Å². The van der Waals surface area contributed by atoms with Gasteiger partial charge >= 0.3 is 0 Å². The maximum Gasteiger partial charge on any atom is 0.278 e. The fourth-order valence-corrected chi connectivity index (χ4v) is 2.57. The molecule has 2 heterocycles. The molecule has 0 unspecified atom stereocenters. The van der Waals surface area contributed by atoms with E-state index in [9.17, 15) is 9.18 Å². The lowest BCUT2D eigenvalue weighted by Crippen LogP contribution is -2.13. The Bertz CT molecular complexity index is 1070. The highest BCUT2D eigenvalue weighted by Crippen LogP contribution is 2.26. The molecule has 0 saturated carbocycles. The topological polar surface area (TPSA) is 68.0 Å². The molecule has 1 amide bonds. The van der Waals surface area contributed by atoms with Gasteiger partial charge in [0.05, 0.1) is 23.0 Å². The van der Waals surface area contributed by atoms with E-state index in [0.717, 1.165) is 17.3 Å². The fraction of sp³-hybridized carbons (Fsp3) is 0. The Morgan fingerprint density at radius 3 is 2.72 bits per heavy atom. The minimum Gasteiger partial charge on any atom is -0.443 e. The summed E-state index contributed by atoms with van der Waals surface area (Å²) in [5, 5.41) is 3.62. The second-order valence-corrected chi connectivity index (χ2v) is 5.38. The molecule has 122 valence electrons. The number of halogens is 1. The van der Waals surface area contributed by atoms with Crippen LogP contribution >= 0.6 is 0 Å². The van der Waals surface area contributed by atoms with Crippen molar-refractivity contribution in [1.29, 1.82) is 0 Å². The highest BCUT2D eigenvalue weighted by molar-refractivity contribution is 6.06. The number of rotatable bonds is 3. The zero-order chi connectivity index (χ0) is 17.2. The van der Waals surface area contributed by atoms with Gasteiger partial charge in [0.15, 0.2) is 17.8 Å². The Kier molecular flexibility index (Phi) is 3.70. The Morgan fingerprint density at radius 2 is 1.84 bits per heavy atom. The Morgan fingerprint density at radius 1 is 1.04 bits per heavy atom. The van der Waals surface area contributed by atoms with Crippen LogP contribution < -0.4 is 5.32 Å². The zero-order valence-corrected chi connectivity index (χ0v) is 12.9. The summed E-state index contributed by atoms with van der Waals surface area (Å²) >= 11 is 0. The van der Waals surface area contributed by atoms with Crippen molar-refractivity contribution in [3.63, 3.8) is 0 Å². The Hall–Kier alpha value is -3.54. The summed E-state index contributed by atoms with van der Waals surface area (Å²) in [6.45, 7) is 0. The summed E-state index contributed by atoms with van der Waals surface area (Å²) in [5.41, 5.74) is 1.54. The van der Waals surface area contributed by atoms with E-state index in [4.69, 9.17) is 4.42 Å². The van der Waals surface area contributed by atoms with Gasteiger partial charge in [-0.1, -0.05) is 30.3 Å². The van der Waals surface area contributed by atoms with Crippen molar-refractivity contribution in [2.45, 2.75) is 0 Å². The Balaban J connectivity index is 1.66. The quantitative estimate of drug-likeness (QED) is 0.607. The van der Waals surface area contributed by atoms with Crippen LogP contribution in [-0.2, 0) is 0 Å². The minimum atomic E-state index is -0.496. The van der Waals surface area contributed by atoms with Crippen LogP contribution in [0.15, 0.2) is 71.6 Å². The first-order valence-corrected chi connectivity index (χ1v) is 7.57. The number of para-hydroxylation sites is 1. The molecule has 0 aliphatic heterocycles. The van der Waals surface area contributed by atoms with E-state index in [2.05, 4.69) is 15.3 Å². The number of aromatic nitrogens is 2. The number of anilines is 1. The molecule has 25 heavy (non-hydrogen) atoms. The number of hydrogen-bond donors (Lipinski definition) is 1. The highest BCUT2D eigenvalue weighted by Gasteiger charge is 2.20. The van der Waals surface area contributed by atoms with Gasteiger partial charge in [-0.05, 0) is 24.3 Å². The first-order valence-electron chi connectivity index (χ1n) is 7.57. The van der Waals surface area contributed by atoms with Crippen molar-refractivity contribution in [2.24, 2.45) is 0 Å². The molecule has 0 saturated heterocycles. The number of hydrogen-bond acceptors (Lipinski definition) is 4. The molecule has 0 aliphatic rings. The standard InChI is InChI=1S/C19H12FN3O2/c20-15-7-3-2-6-14(15)18-17(22-11-25-18)19(24)23-13-9-12-5-1-4-8-16(12)21-10-13/h1-11H,(H,23,24). The third-order valence-electron chi connectivity index (χ3n) is 3.75. The summed E-state index contributed by atoms with van der Waals surface area (Å²) in [7, 11) is 0. The molecule has 0 spiro atoms. The predicted octanol–water partition coefficient (Wildman–Crippen LogP) is 4.28. The van der Waals surface area contributed by atoms with Gasteiger partial charge in [0.1, 0.15) is 5.82 Å². The number of oxazole rings is 1. The largest absolute Gasteiger partial charge is 0.443 e. The van der Waals surface area contributed by atoms with E-state index in [-0.39, 0.29) is 17.0 Å². The second-order valence-electron chi connectivity index (χ2n) is 5.38. The maximum absolute atomic E-state index is 14.0. The Labute approximate surface area is 142 Å². The number of benzene rings is 2. The van der Waals surface area contributed by atoms with Gasteiger partial charge < -0.3 is 9.73 Å². The van der Waals surface area contributed by atoms with Crippen LogP contribution in [-0.4, -0.2) is 15.9 Å². The van der Waals surface area contributed by atoms with Crippen molar-refractivity contribution >= 4 is 22.5 Å². The van der Waals surface area contributed by atoms with Crippen LogP contribution in [0.25, 0.3) is 22.2 Å². The van der Waals surface area contributed by atoms with Crippen molar-refractivity contribution in [3.05, 3.63) is 78.7 Å². The molecule has 6 heteroatoms. The smallest absolute Gasteiger partial charge is 0.278 e. The van der Waals surface area contributed by atoms with E-state index in [1.165, 1.54) is 12.1 Å². The van der Waals surface area contributed by atoms with Crippen LogP contribution in [0.4, 0.5) is 10.1 Å². The van der Waals surface area contributed by atoms with Crippen LogP contribution in [0.1, 0.15) is 10.5 Å². The number of nitrogens with one attached hydrogen (secondary N) is 1. The monoisotopic (exact) mass is 333 g/mol. The van der Waals surface area contributed by atoms with Crippen molar-refractivity contribution in [1.82, 2.24) is 9.97 Å². The number of nitrogens with zero attached hydrogens (tertiary/aromatic N) is 2. The summed E-state index contributed by atoms with van der Waals surface area (Å²) in [6, 6.07) is 15.4. The molecule has 0 radical (unpaired) electrons. The fourth-order valence-electron chi connectivity index (χ4n) is 2.57. The third kappa shape index (κ3) is 2.85. The molecule has 4 aromatic rings. The number of fused-ring (bicyclic) bond motifs is 1. The van der Waals surface area contributed by atoms with Crippen molar-refractivity contribution < 1.29 is 13.6 Å². The average molecular weight is 333 g/mol. The van der Waals surface area contributed by atoms with Gasteiger partial charge in [-0.25, -0.2) is 9.37 Å². The molecule has 0 fully saturated rings. The summed E-state index contributed by atoms with van der Waals surface area (Å²) in [5.74, 6) is -0.894. The molecular formula is C19H12FN3O2. The third-order valence-corrected chi connectivity index (χ3v) is 3.75. The lowest BCUT2D eigenvalue weighted by Gasteiger charge is -2.06. The first kappa shape index (κ1) is 15.0. The molecule has 2 aromatic heterocycles. The van der Waals surface area contributed by atoms with Crippen LogP contribution in [0.5, 0.6) is 0 Å². The van der Waals surface area contributed by atoms with E-state index in [0.29, 0.717) is 5.69 Å². The SMILES string of the molecule is O=C(Nc1cnc2ccccc2c1)c1ncoc1-c1ccccc1F. The molecule has 0 bridgehead atoms. The number of carbonyl (C=O) groups excluding carboxylic acids is 1. The number of carbonyl (C=O) groups is 1. The van der Waals surface area contributed by atoms with Gasteiger partial charge in [-0.3, -0.25) is 9.78 Å². The van der Waals surface area contributed by atoms with Crippen LogP contribution in [0.3, 0.4) is 0 Å². The van der Waals surface area contributed by atoms with E-state index >= 15 is 0 Å². The minimum absolute atomic E-state index is 0.0123. The first-order chi connectivity index (χ1) is 12.2. The van der Waals surface area contributed by atoms with Gasteiger partial charge in [-0.15, -0.1) is 0 Å². The van der Waals surface area contributed by atoms with Crippen molar-refractivity contribution in [2.75, 3.05) is 5.32 Å². The van der Waals surface area contributed by atoms with Gasteiger partial charge in [0.2, 0.25) is 0 Å².